The molecule has 0 saturated heterocycles. The van der Waals surface area contributed by atoms with Crippen LogP contribution in [0, 0.1) is 17.6 Å². The molecule has 1 N–H and O–H groups in total. The van der Waals surface area contributed by atoms with E-state index in [0.717, 1.165) is 6.07 Å². The molecule has 0 aliphatic rings. The molecule has 2 aromatic carbocycles. The van der Waals surface area contributed by atoms with Crippen molar-refractivity contribution in [1.82, 2.24) is 0 Å². The lowest BCUT2D eigenvalue weighted by Gasteiger charge is -2.17. The van der Waals surface area contributed by atoms with E-state index < -0.39 is 22.8 Å². The quantitative estimate of drug-likeness (QED) is 0.365. The molecular formula is C21H22BrF2NO3S. The number of rotatable bonds is 8. The molecular weight excluding hydrogens is 464 g/mol. The van der Waals surface area contributed by atoms with Crippen LogP contribution in [0.5, 0.6) is 0 Å². The Bertz CT molecular complexity index is 892. The lowest BCUT2D eigenvalue weighted by Crippen LogP contribution is -2.21. The number of benzene rings is 2. The second kappa shape index (κ2) is 10.7. The molecule has 1 unspecified atom stereocenters. The second-order valence-electron chi connectivity index (χ2n) is 6.77. The van der Waals surface area contributed by atoms with Crippen LogP contribution in [-0.2, 0) is 9.53 Å². The van der Waals surface area contributed by atoms with Gasteiger partial charge in [-0.2, -0.15) is 0 Å². The lowest BCUT2D eigenvalue weighted by atomic mass is 10.2. The lowest BCUT2D eigenvalue weighted by molar-refractivity contribution is -0.144. The summed E-state index contributed by atoms with van der Waals surface area (Å²) in [5.74, 6) is -1.96. The van der Waals surface area contributed by atoms with Crippen molar-refractivity contribution >= 4 is 45.3 Å². The van der Waals surface area contributed by atoms with Crippen molar-refractivity contribution in [2.45, 2.75) is 37.3 Å². The van der Waals surface area contributed by atoms with Crippen LogP contribution in [0.25, 0.3) is 0 Å². The highest BCUT2D eigenvalue weighted by Crippen LogP contribution is 2.36. The first-order chi connectivity index (χ1) is 13.7. The Morgan fingerprint density at radius 2 is 1.93 bits per heavy atom. The smallest absolute Gasteiger partial charge is 0.319 e. The number of anilines is 1. The monoisotopic (exact) mass is 485 g/mol. The van der Waals surface area contributed by atoms with Crippen LogP contribution in [0.1, 0.15) is 37.6 Å². The van der Waals surface area contributed by atoms with E-state index >= 15 is 0 Å². The van der Waals surface area contributed by atoms with Crippen molar-refractivity contribution in [3.8, 4) is 0 Å². The summed E-state index contributed by atoms with van der Waals surface area (Å²) in [4.78, 5) is 25.2. The molecule has 0 fully saturated rings. The van der Waals surface area contributed by atoms with E-state index in [0.29, 0.717) is 22.4 Å². The predicted molar refractivity (Wildman–Crippen MR) is 114 cm³/mol. The Hall–Kier alpha value is -1.93. The Morgan fingerprint density at radius 3 is 2.55 bits per heavy atom. The minimum absolute atomic E-state index is 0.0598. The molecule has 2 aromatic rings. The third-order valence-electron chi connectivity index (χ3n) is 3.82. The van der Waals surface area contributed by atoms with E-state index in [2.05, 4.69) is 21.2 Å². The van der Waals surface area contributed by atoms with Crippen molar-refractivity contribution < 1.29 is 23.1 Å². The summed E-state index contributed by atoms with van der Waals surface area (Å²) in [5.41, 5.74) is 0.0144. The fourth-order valence-electron chi connectivity index (χ4n) is 2.33. The number of esters is 1. The van der Waals surface area contributed by atoms with Gasteiger partial charge in [0.05, 0.1) is 12.3 Å². The van der Waals surface area contributed by atoms with Gasteiger partial charge < -0.3 is 10.1 Å². The van der Waals surface area contributed by atoms with E-state index in [4.69, 9.17) is 4.74 Å². The maximum Gasteiger partial charge on any atom is 0.319 e. The molecule has 156 valence electrons. The summed E-state index contributed by atoms with van der Waals surface area (Å²) < 4.78 is 33.4. The molecule has 8 heteroatoms. The first kappa shape index (κ1) is 23.3. The van der Waals surface area contributed by atoms with E-state index in [1.807, 2.05) is 20.8 Å². The number of hydrogen-bond donors (Lipinski definition) is 1. The topological polar surface area (TPSA) is 55.4 Å². The minimum Gasteiger partial charge on any atom is -0.465 e. The van der Waals surface area contributed by atoms with E-state index in [1.54, 1.807) is 0 Å². The zero-order chi connectivity index (χ0) is 21.6. The first-order valence-electron chi connectivity index (χ1n) is 9.10. The van der Waals surface area contributed by atoms with Crippen molar-refractivity contribution in [1.29, 1.82) is 0 Å². The number of hydrogen-bond acceptors (Lipinski definition) is 4. The van der Waals surface area contributed by atoms with Gasteiger partial charge in [0.15, 0.2) is 0 Å². The normalized spacial score (nSPS) is 12.0. The average molecular weight is 486 g/mol. The van der Waals surface area contributed by atoms with E-state index in [-0.39, 0.29) is 23.1 Å². The Kier molecular flexibility index (Phi) is 8.64. The molecule has 0 saturated carbocycles. The first-order valence-corrected chi connectivity index (χ1v) is 10.8. The van der Waals surface area contributed by atoms with Crippen LogP contribution >= 0.6 is 27.7 Å². The Labute approximate surface area is 181 Å². The molecule has 0 heterocycles. The molecule has 4 nitrogen and oxygen atoms in total. The van der Waals surface area contributed by atoms with Crippen LogP contribution in [-0.4, -0.2) is 23.7 Å². The summed E-state index contributed by atoms with van der Waals surface area (Å²) in [6.45, 7) is 6.09. The van der Waals surface area contributed by atoms with Gasteiger partial charge in [0.2, 0.25) is 0 Å². The number of carbonyl (C=O) groups is 2. The van der Waals surface area contributed by atoms with E-state index in [9.17, 15) is 18.4 Å². The van der Waals surface area contributed by atoms with Crippen molar-refractivity contribution in [2.75, 3.05) is 11.9 Å². The molecule has 2 rings (SSSR count). The molecule has 0 bridgehead atoms. The van der Waals surface area contributed by atoms with Gasteiger partial charge in [0, 0.05) is 14.9 Å². The fraction of sp³-hybridized carbons (Fsp3) is 0.333. The molecule has 0 aliphatic carbocycles. The number of ether oxygens (including phenoxy) is 1. The van der Waals surface area contributed by atoms with Gasteiger partial charge in [-0.3, -0.25) is 9.59 Å². The minimum atomic E-state index is -0.651. The molecule has 0 aromatic heterocycles. The summed E-state index contributed by atoms with van der Waals surface area (Å²) in [7, 11) is 0. The summed E-state index contributed by atoms with van der Waals surface area (Å²) in [5, 5.41) is 1.98. The number of amides is 1. The standard InChI is InChI=1S/C21H22BrF2NO3S/c1-4-18(21(27)28-11-12(2)3)29-19-10-17(16(24)9-15(19)22)25-20(26)13-6-5-7-14(23)8-13/h5-10,12,18H,4,11H2,1-3H3,(H,25,26). The van der Waals surface area contributed by atoms with Gasteiger partial charge in [-0.1, -0.05) is 26.8 Å². The SMILES string of the molecule is CCC(Sc1cc(NC(=O)c2cccc(F)c2)c(F)cc1Br)C(=O)OCC(C)C. The van der Waals surface area contributed by atoms with Gasteiger partial charge in [0.25, 0.3) is 5.91 Å². The zero-order valence-corrected chi connectivity index (χ0v) is 18.7. The van der Waals surface area contributed by atoms with Crippen LogP contribution in [0.4, 0.5) is 14.5 Å². The number of carbonyl (C=O) groups excluding carboxylic acids is 2. The van der Waals surface area contributed by atoms with Crippen molar-refractivity contribution in [3.05, 3.63) is 58.1 Å². The van der Waals surface area contributed by atoms with Gasteiger partial charge in [0.1, 0.15) is 16.9 Å². The third kappa shape index (κ3) is 6.82. The highest BCUT2D eigenvalue weighted by atomic mass is 79.9. The van der Waals surface area contributed by atoms with Crippen LogP contribution in [0.15, 0.2) is 45.8 Å². The Morgan fingerprint density at radius 1 is 1.21 bits per heavy atom. The maximum absolute atomic E-state index is 14.4. The highest BCUT2D eigenvalue weighted by molar-refractivity contribution is 9.10. The maximum atomic E-state index is 14.4. The fourth-order valence-corrected chi connectivity index (χ4v) is 3.92. The van der Waals surface area contributed by atoms with E-state index in [1.165, 1.54) is 42.1 Å². The summed E-state index contributed by atoms with van der Waals surface area (Å²) >= 11 is 4.52. The zero-order valence-electron chi connectivity index (χ0n) is 16.3. The molecule has 1 atom stereocenters. The van der Waals surface area contributed by atoms with Crippen LogP contribution in [0.3, 0.4) is 0 Å². The largest absolute Gasteiger partial charge is 0.465 e. The van der Waals surface area contributed by atoms with Gasteiger partial charge in [-0.05, 0) is 58.6 Å². The summed E-state index contributed by atoms with van der Waals surface area (Å²) in [6, 6.07) is 7.78. The summed E-state index contributed by atoms with van der Waals surface area (Å²) in [6.07, 6.45) is 0.524. The second-order valence-corrected chi connectivity index (χ2v) is 8.86. The number of nitrogens with one attached hydrogen (secondary N) is 1. The number of thioether (sulfide) groups is 1. The van der Waals surface area contributed by atoms with Gasteiger partial charge >= 0.3 is 5.97 Å². The molecule has 0 aliphatic heterocycles. The number of halogens is 3. The van der Waals surface area contributed by atoms with Crippen LogP contribution < -0.4 is 5.32 Å². The molecule has 1 amide bonds. The predicted octanol–water partition coefficient (Wildman–Crippen LogP) is 6.05. The van der Waals surface area contributed by atoms with Gasteiger partial charge in [-0.15, -0.1) is 11.8 Å². The molecule has 0 spiro atoms. The third-order valence-corrected chi connectivity index (χ3v) is 6.14. The van der Waals surface area contributed by atoms with Crippen LogP contribution in [0.2, 0.25) is 0 Å². The molecule has 29 heavy (non-hydrogen) atoms. The van der Waals surface area contributed by atoms with Gasteiger partial charge in [-0.25, -0.2) is 8.78 Å². The van der Waals surface area contributed by atoms with Crippen molar-refractivity contribution in [3.63, 3.8) is 0 Å². The highest BCUT2D eigenvalue weighted by Gasteiger charge is 2.22. The van der Waals surface area contributed by atoms with Crippen molar-refractivity contribution in [2.24, 2.45) is 5.92 Å². The Balaban J connectivity index is 2.19. The molecule has 0 radical (unpaired) electrons. The average Bonchev–Trinajstić information content (AvgIpc) is 2.67.